The number of aromatic nitrogens is 4. The van der Waals surface area contributed by atoms with E-state index in [1.165, 1.54) is 0 Å². The van der Waals surface area contributed by atoms with Crippen molar-refractivity contribution >= 4 is 40.8 Å². The number of hydrogen-bond donors (Lipinski definition) is 0. The number of amides is 1. The van der Waals surface area contributed by atoms with Gasteiger partial charge in [0.05, 0.1) is 17.9 Å². The minimum Gasteiger partial charge on any atom is -0.345 e. The van der Waals surface area contributed by atoms with Gasteiger partial charge < -0.3 is 4.90 Å². The fourth-order valence-corrected chi connectivity index (χ4v) is 4.15. The summed E-state index contributed by atoms with van der Waals surface area (Å²) in [6.07, 6.45) is 6.26. The summed E-state index contributed by atoms with van der Waals surface area (Å²) in [5, 5.41) is 5.69. The number of piperidine rings is 1. The van der Waals surface area contributed by atoms with E-state index in [0.717, 1.165) is 54.8 Å². The normalized spacial score (nSPS) is 16.6. The van der Waals surface area contributed by atoms with E-state index in [-0.39, 0.29) is 6.04 Å². The summed E-state index contributed by atoms with van der Waals surface area (Å²) in [5.41, 5.74) is 3.37. The molecule has 0 bridgehead atoms. The van der Waals surface area contributed by atoms with Gasteiger partial charge in [0, 0.05) is 35.2 Å². The predicted molar refractivity (Wildman–Crippen MR) is 105 cm³/mol. The monoisotopic (exact) mass is 403 g/mol. The van der Waals surface area contributed by atoms with Gasteiger partial charge >= 0.3 is 0 Å². The molecular weight excluding hydrogens is 385 g/mol. The van der Waals surface area contributed by atoms with Crippen molar-refractivity contribution in [2.24, 2.45) is 0 Å². The van der Waals surface area contributed by atoms with Crippen LogP contribution in [0.2, 0.25) is 10.0 Å². The summed E-state index contributed by atoms with van der Waals surface area (Å²) in [6.45, 7) is 3.53. The second-order valence-electron chi connectivity index (χ2n) is 6.85. The van der Waals surface area contributed by atoms with Gasteiger partial charge in [-0.3, -0.25) is 4.79 Å². The first kappa shape index (κ1) is 18.2. The van der Waals surface area contributed by atoms with Crippen LogP contribution < -0.4 is 0 Å². The molecule has 1 amide bonds. The second-order valence-corrected chi connectivity index (χ2v) is 7.69. The Morgan fingerprint density at radius 2 is 2.00 bits per heavy atom. The molecule has 0 saturated carbocycles. The number of likely N-dealkylation sites (tertiary alicyclic amines) is 1. The summed E-state index contributed by atoms with van der Waals surface area (Å²) in [7, 11) is 0. The van der Waals surface area contributed by atoms with E-state index in [9.17, 15) is 4.79 Å². The molecule has 0 N–H and O–H groups in total. The van der Waals surface area contributed by atoms with Gasteiger partial charge in [-0.1, -0.05) is 29.3 Å². The van der Waals surface area contributed by atoms with Gasteiger partial charge in [0.1, 0.15) is 5.52 Å². The maximum absolute atomic E-state index is 10.9. The fourth-order valence-electron chi connectivity index (χ4n) is 3.59. The lowest BCUT2D eigenvalue weighted by molar-refractivity contribution is -0.119. The molecule has 0 radical (unpaired) electrons. The molecule has 6 nitrogen and oxygen atoms in total. The topological polar surface area (TPSA) is 63.9 Å². The highest BCUT2D eigenvalue weighted by Crippen LogP contribution is 2.31. The van der Waals surface area contributed by atoms with Crippen molar-refractivity contribution in [2.45, 2.75) is 31.7 Å². The van der Waals surface area contributed by atoms with E-state index in [1.807, 2.05) is 29.9 Å². The molecule has 2 aromatic heterocycles. The molecule has 0 spiro atoms. The maximum atomic E-state index is 10.9. The zero-order valence-electron chi connectivity index (χ0n) is 14.8. The third kappa shape index (κ3) is 3.51. The number of halogens is 2. The molecule has 0 aliphatic carbocycles. The SMILES string of the molecule is C[C@H](c1ccc(Cl)cc1Cl)n1ncc2ncc(C3CCN(C=O)CC3)nc21. The quantitative estimate of drug-likeness (QED) is 0.615. The first-order valence-corrected chi connectivity index (χ1v) is 9.67. The van der Waals surface area contributed by atoms with Gasteiger partial charge in [0.2, 0.25) is 6.41 Å². The smallest absolute Gasteiger partial charge is 0.209 e. The summed E-state index contributed by atoms with van der Waals surface area (Å²) >= 11 is 12.4. The molecule has 27 heavy (non-hydrogen) atoms. The fraction of sp³-hybridized carbons (Fsp3) is 0.368. The van der Waals surface area contributed by atoms with Gasteiger partial charge in [-0.05, 0) is 37.5 Å². The van der Waals surface area contributed by atoms with Crippen molar-refractivity contribution in [2.75, 3.05) is 13.1 Å². The van der Waals surface area contributed by atoms with Crippen molar-refractivity contribution < 1.29 is 4.79 Å². The number of hydrogen-bond acceptors (Lipinski definition) is 4. The van der Waals surface area contributed by atoms with Crippen LogP contribution in [0.1, 0.15) is 43.0 Å². The summed E-state index contributed by atoms with van der Waals surface area (Å²) in [5.74, 6) is 0.302. The van der Waals surface area contributed by atoms with Crippen LogP contribution in [0.15, 0.2) is 30.6 Å². The Labute approximate surface area is 167 Å². The van der Waals surface area contributed by atoms with E-state index in [2.05, 4.69) is 10.1 Å². The summed E-state index contributed by atoms with van der Waals surface area (Å²) < 4.78 is 1.85. The summed E-state index contributed by atoms with van der Waals surface area (Å²) in [4.78, 5) is 22.1. The predicted octanol–water partition coefficient (Wildman–Crippen LogP) is 4.08. The van der Waals surface area contributed by atoms with Crippen LogP contribution in [0.3, 0.4) is 0 Å². The lowest BCUT2D eigenvalue weighted by atomic mass is 9.94. The Bertz CT molecular complexity index is 981. The number of benzene rings is 1. The molecule has 0 unspecified atom stereocenters. The zero-order chi connectivity index (χ0) is 19.0. The van der Waals surface area contributed by atoms with Crippen LogP contribution in [0.25, 0.3) is 11.2 Å². The molecular formula is C19H19Cl2N5O. The Morgan fingerprint density at radius 3 is 2.70 bits per heavy atom. The second kappa shape index (κ2) is 7.44. The van der Waals surface area contributed by atoms with Crippen LogP contribution in [0.4, 0.5) is 0 Å². The molecule has 1 aliphatic rings. The molecule has 1 atom stereocenters. The highest BCUT2D eigenvalue weighted by Gasteiger charge is 2.23. The van der Waals surface area contributed by atoms with Gasteiger partial charge in [0.25, 0.3) is 0 Å². The van der Waals surface area contributed by atoms with E-state index in [0.29, 0.717) is 16.0 Å². The lowest BCUT2D eigenvalue weighted by Gasteiger charge is -2.28. The first-order chi connectivity index (χ1) is 13.1. The van der Waals surface area contributed by atoms with Crippen LogP contribution in [0.5, 0.6) is 0 Å². The van der Waals surface area contributed by atoms with Crippen LogP contribution in [-0.4, -0.2) is 44.1 Å². The average molecular weight is 404 g/mol. The molecule has 1 aliphatic heterocycles. The molecule has 1 aromatic carbocycles. The Hall–Kier alpha value is -2.18. The highest BCUT2D eigenvalue weighted by molar-refractivity contribution is 6.35. The maximum Gasteiger partial charge on any atom is 0.209 e. The summed E-state index contributed by atoms with van der Waals surface area (Å²) in [6, 6.07) is 5.37. The molecule has 1 fully saturated rings. The Kier molecular flexibility index (Phi) is 5.02. The van der Waals surface area contributed by atoms with Crippen molar-refractivity contribution in [1.82, 2.24) is 24.6 Å². The standard InChI is InChI=1S/C19H19Cl2N5O/c1-12(15-3-2-14(20)8-16(15)21)26-19-18(10-23-26)22-9-17(24-19)13-4-6-25(11-27)7-5-13/h2-3,8-13H,4-7H2,1H3/t12-/m1/s1. The molecule has 4 rings (SSSR count). The average Bonchev–Trinajstić information content (AvgIpc) is 3.11. The van der Waals surface area contributed by atoms with Crippen molar-refractivity contribution in [3.63, 3.8) is 0 Å². The number of rotatable bonds is 4. The van der Waals surface area contributed by atoms with Crippen molar-refractivity contribution in [3.8, 4) is 0 Å². The van der Waals surface area contributed by atoms with Crippen molar-refractivity contribution in [3.05, 3.63) is 51.9 Å². The minimum atomic E-state index is -0.103. The molecule has 8 heteroatoms. The van der Waals surface area contributed by atoms with E-state index in [1.54, 1.807) is 17.2 Å². The molecule has 3 heterocycles. The third-order valence-electron chi connectivity index (χ3n) is 5.20. The zero-order valence-corrected chi connectivity index (χ0v) is 16.4. The minimum absolute atomic E-state index is 0.103. The van der Waals surface area contributed by atoms with Gasteiger partial charge in [-0.25, -0.2) is 14.6 Å². The highest BCUT2D eigenvalue weighted by atomic mass is 35.5. The largest absolute Gasteiger partial charge is 0.345 e. The van der Waals surface area contributed by atoms with Crippen LogP contribution in [-0.2, 0) is 4.79 Å². The number of carbonyl (C=O) groups is 1. The number of nitrogens with zero attached hydrogens (tertiary/aromatic N) is 5. The molecule has 1 saturated heterocycles. The molecule has 3 aromatic rings. The van der Waals surface area contributed by atoms with Gasteiger partial charge in [-0.2, -0.15) is 5.10 Å². The first-order valence-electron chi connectivity index (χ1n) is 8.91. The van der Waals surface area contributed by atoms with Crippen LogP contribution in [0, 0.1) is 0 Å². The number of carbonyl (C=O) groups excluding carboxylic acids is 1. The van der Waals surface area contributed by atoms with E-state index < -0.39 is 0 Å². The Balaban J connectivity index is 1.67. The van der Waals surface area contributed by atoms with E-state index in [4.69, 9.17) is 28.2 Å². The Morgan fingerprint density at radius 1 is 1.22 bits per heavy atom. The van der Waals surface area contributed by atoms with Crippen LogP contribution >= 0.6 is 23.2 Å². The third-order valence-corrected chi connectivity index (χ3v) is 5.76. The number of fused-ring (bicyclic) bond motifs is 1. The van der Waals surface area contributed by atoms with E-state index >= 15 is 0 Å². The van der Waals surface area contributed by atoms with Crippen molar-refractivity contribution in [1.29, 1.82) is 0 Å². The van der Waals surface area contributed by atoms with Gasteiger partial charge in [0.15, 0.2) is 5.65 Å². The lowest BCUT2D eigenvalue weighted by Crippen LogP contribution is -2.31. The molecule has 140 valence electrons. The van der Waals surface area contributed by atoms with Gasteiger partial charge in [-0.15, -0.1) is 0 Å².